The summed E-state index contributed by atoms with van der Waals surface area (Å²) in [6.45, 7) is 0.871. The van der Waals surface area contributed by atoms with Crippen LogP contribution in [0, 0.1) is 0 Å². The van der Waals surface area contributed by atoms with E-state index in [0.29, 0.717) is 0 Å². The van der Waals surface area contributed by atoms with Crippen molar-refractivity contribution in [2.24, 2.45) is 0 Å². The van der Waals surface area contributed by atoms with Gasteiger partial charge in [0.1, 0.15) is 5.82 Å². The zero-order chi connectivity index (χ0) is 11.9. The first-order chi connectivity index (χ1) is 8.34. The molecule has 2 aromatic rings. The Balaban J connectivity index is 1.73. The van der Waals surface area contributed by atoms with E-state index in [1.54, 1.807) is 12.3 Å². The number of nitrogens with one attached hydrogen (secondary N) is 1. The molecular weight excluding hydrogens is 230 g/mol. The maximum atomic E-state index is 5.67. The van der Waals surface area contributed by atoms with E-state index in [-0.39, 0.29) is 0 Å². The maximum Gasteiger partial charge on any atom is 0.127 e. The predicted molar refractivity (Wildman–Crippen MR) is 74.3 cm³/mol. The number of pyridine rings is 1. The van der Waals surface area contributed by atoms with Gasteiger partial charge in [0.2, 0.25) is 0 Å². The number of hydrogen-bond acceptors (Lipinski definition) is 4. The van der Waals surface area contributed by atoms with Crippen LogP contribution in [0.2, 0.25) is 0 Å². The average Bonchev–Trinajstić information content (AvgIpc) is 2.36. The van der Waals surface area contributed by atoms with Gasteiger partial charge in [-0.05, 0) is 18.2 Å². The van der Waals surface area contributed by atoms with Crippen molar-refractivity contribution in [3.05, 3.63) is 48.7 Å². The quantitative estimate of drug-likeness (QED) is 0.628. The summed E-state index contributed by atoms with van der Waals surface area (Å²) in [5, 5.41) is 3.24. The molecule has 3 N–H and O–H groups in total. The van der Waals surface area contributed by atoms with Crippen molar-refractivity contribution in [2.45, 2.75) is 4.90 Å². The Hall–Kier alpha value is -1.68. The molecule has 0 unspecified atom stereocenters. The molecule has 17 heavy (non-hydrogen) atoms. The van der Waals surface area contributed by atoms with Gasteiger partial charge in [-0.15, -0.1) is 11.8 Å². The van der Waals surface area contributed by atoms with Crippen molar-refractivity contribution in [1.29, 1.82) is 0 Å². The van der Waals surface area contributed by atoms with Crippen molar-refractivity contribution < 1.29 is 0 Å². The molecule has 0 aliphatic carbocycles. The zero-order valence-corrected chi connectivity index (χ0v) is 10.3. The Morgan fingerprint density at radius 1 is 1.18 bits per heavy atom. The molecule has 0 aliphatic rings. The van der Waals surface area contributed by atoms with Gasteiger partial charge in [0.25, 0.3) is 0 Å². The molecule has 1 aromatic carbocycles. The summed E-state index contributed by atoms with van der Waals surface area (Å²) < 4.78 is 0. The third kappa shape index (κ3) is 4.00. The third-order valence-electron chi connectivity index (χ3n) is 2.20. The molecule has 0 spiro atoms. The van der Waals surface area contributed by atoms with E-state index in [1.165, 1.54) is 4.90 Å². The first kappa shape index (κ1) is 11.8. The Kier molecular flexibility index (Phi) is 4.27. The zero-order valence-electron chi connectivity index (χ0n) is 9.47. The highest BCUT2D eigenvalue weighted by Crippen LogP contribution is 2.16. The fourth-order valence-corrected chi connectivity index (χ4v) is 2.20. The Morgan fingerprint density at radius 3 is 2.76 bits per heavy atom. The number of nitrogens with zero attached hydrogens (tertiary/aromatic N) is 1. The number of aromatic nitrogens is 1. The van der Waals surface area contributed by atoms with Crippen molar-refractivity contribution in [1.82, 2.24) is 4.98 Å². The van der Waals surface area contributed by atoms with Crippen LogP contribution < -0.4 is 11.1 Å². The second-order valence-electron chi connectivity index (χ2n) is 3.56. The van der Waals surface area contributed by atoms with E-state index in [2.05, 4.69) is 34.6 Å². The fourth-order valence-electron chi connectivity index (χ4n) is 1.41. The molecule has 0 radical (unpaired) electrons. The van der Waals surface area contributed by atoms with Gasteiger partial charge >= 0.3 is 0 Å². The Bertz CT molecular complexity index is 459. The van der Waals surface area contributed by atoms with Gasteiger partial charge < -0.3 is 11.1 Å². The number of benzene rings is 1. The van der Waals surface area contributed by atoms with Crippen LogP contribution in [0.1, 0.15) is 0 Å². The SMILES string of the molecule is Nc1ccnc(NCCSc2ccccc2)c1. The van der Waals surface area contributed by atoms with E-state index < -0.39 is 0 Å². The van der Waals surface area contributed by atoms with Crippen LogP contribution in [0.15, 0.2) is 53.6 Å². The number of thioether (sulfide) groups is 1. The lowest BCUT2D eigenvalue weighted by Crippen LogP contribution is -2.05. The van der Waals surface area contributed by atoms with E-state index in [4.69, 9.17) is 5.73 Å². The van der Waals surface area contributed by atoms with Crippen LogP contribution in [-0.4, -0.2) is 17.3 Å². The highest BCUT2D eigenvalue weighted by Gasteiger charge is 1.95. The molecule has 2 rings (SSSR count). The molecule has 3 nitrogen and oxygen atoms in total. The predicted octanol–water partition coefficient (Wildman–Crippen LogP) is 2.87. The number of nitrogens with two attached hydrogens (primary N) is 1. The highest BCUT2D eigenvalue weighted by molar-refractivity contribution is 7.99. The molecule has 0 bridgehead atoms. The maximum absolute atomic E-state index is 5.67. The normalized spacial score (nSPS) is 10.1. The lowest BCUT2D eigenvalue weighted by Gasteiger charge is -2.05. The van der Waals surface area contributed by atoms with Crippen molar-refractivity contribution in [2.75, 3.05) is 23.3 Å². The summed E-state index contributed by atoms with van der Waals surface area (Å²) in [7, 11) is 0. The molecule has 0 saturated heterocycles. The minimum atomic E-state index is 0.734. The van der Waals surface area contributed by atoms with Gasteiger partial charge in [0.05, 0.1) is 0 Å². The lowest BCUT2D eigenvalue weighted by atomic mass is 10.4. The summed E-state index contributed by atoms with van der Waals surface area (Å²) in [4.78, 5) is 5.47. The molecule has 1 heterocycles. The largest absolute Gasteiger partial charge is 0.399 e. The van der Waals surface area contributed by atoms with Gasteiger partial charge in [-0.25, -0.2) is 4.98 Å². The first-order valence-electron chi connectivity index (χ1n) is 5.48. The smallest absolute Gasteiger partial charge is 0.127 e. The lowest BCUT2D eigenvalue weighted by molar-refractivity contribution is 1.17. The van der Waals surface area contributed by atoms with Gasteiger partial charge in [-0.2, -0.15) is 0 Å². The highest BCUT2D eigenvalue weighted by atomic mass is 32.2. The number of anilines is 2. The second-order valence-corrected chi connectivity index (χ2v) is 4.73. The number of nitrogen functional groups attached to an aromatic ring is 1. The van der Waals surface area contributed by atoms with Crippen LogP contribution in [0.4, 0.5) is 11.5 Å². The molecule has 4 heteroatoms. The molecule has 0 atom stereocenters. The molecule has 0 amide bonds. The van der Waals surface area contributed by atoms with Crippen LogP contribution in [0.25, 0.3) is 0 Å². The second kappa shape index (κ2) is 6.15. The summed E-state index contributed by atoms with van der Waals surface area (Å²) in [6, 6.07) is 14.0. The van der Waals surface area contributed by atoms with Crippen molar-refractivity contribution in [3.8, 4) is 0 Å². The molecular formula is C13H15N3S. The number of hydrogen-bond donors (Lipinski definition) is 2. The van der Waals surface area contributed by atoms with Gasteiger partial charge in [-0.1, -0.05) is 18.2 Å². The monoisotopic (exact) mass is 245 g/mol. The van der Waals surface area contributed by atoms with E-state index in [0.717, 1.165) is 23.8 Å². The molecule has 88 valence electrons. The van der Waals surface area contributed by atoms with Gasteiger partial charge in [-0.3, -0.25) is 0 Å². The summed E-state index contributed by atoms with van der Waals surface area (Å²) in [6.07, 6.45) is 1.71. The molecule has 0 aliphatic heterocycles. The standard InChI is InChI=1S/C13H15N3S/c14-11-6-7-15-13(10-11)16-8-9-17-12-4-2-1-3-5-12/h1-7,10H,8-9H2,(H3,14,15,16). The van der Waals surface area contributed by atoms with E-state index in [1.807, 2.05) is 23.9 Å². The van der Waals surface area contributed by atoms with Crippen LogP contribution in [0.3, 0.4) is 0 Å². The van der Waals surface area contributed by atoms with Gasteiger partial charge in [0.15, 0.2) is 0 Å². The third-order valence-corrected chi connectivity index (χ3v) is 3.22. The minimum Gasteiger partial charge on any atom is -0.399 e. The molecule has 0 fully saturated rings. The van der Waals surface area contributed by atoms with Crippen molar-refractivity contribution >= 4 is 23.3 Å². The fraction of sp³-hybridized carbons (Fsp3) is 0.154. The van der Waals surface area contributed by atoms with E-state index in [9.17, 15) is 0 Å². The van der Waals surface area contributed by atoms with Crippen molar-refractivity contribution in [3.63, 3.8) is 0 Å². The topological polar surface area (TPSA) is 50.9 Å². The summed E-state index contributed by atoms with van der Waals surface area (Å²) in [5.74, 6) is 1.83. The summed E-state index contributed by atoms with van der Waals surface area (Å²) >= 11 is 1.82. The Morgan fingerprint density at radius 2 is 2.00 bits per heavy atom. The van der Waals surface area contributed by atoms with Crippen LogP contribution in [-0.2, 0) is 0 Å². The number of rotatable bonds is 5. The van der Waals surface area contributed by atoms with Gasteiger partial charge in [0, 0.05) is 35.1 Å². The minimum absolute atomic E-state index is 0.734. The van der Waals surface area contributed by atoms with Crippen LogP contribution in [0.5, 0.6) is 0 Å². The molecule has 1 aromatic heterocycles. The molecule has 0 saturated carbocycles. The van der Waals surface area contributed by atoms with Crippen LogP contribution >= 0.6 is 11.8 Å². The van der Waals surface area contributed by atoms with E-state index >= 15 is 0 Å². The average molecular weight is 245 g/mol. The first-order valence-corrected chi connectivity index (χ1v) is 6.46. The Labute approximate surface area is 105 Å². The summed E-state index contributed by atoms with van der Waals surface area (Å²) in [5.41, 5.74) is 6.40.